The summed E-state index contributed by atoms with van der Waals surface area (Å²) in [4.78, 5) is 7.79. The first kappa shape index (κ1) is 35.7. The first-order chi connectivity index (χ1) is 29.6. The van der Waals surface area contributed by atoms with E-state index < -0.39 is 0 Å². The molecule has 1 aliphatic rings. The molecule has 3 heteroatoms. The van der Waals surface area contributed by atoms with Crippen molar-refractivity contribution in [1.82, 2.24) is 4.57 Å². The van der Waals surface area contributed by atoms with Gasteiger partial charge in [0.25, 0.3) is 0 Å². The van der Waals surface area contributed by atoms with E-state index >= 15 is 0 Å². The van der Waals surface area contributed by atoms with Crippen molar-refractivity contribution in [2.24, 2.45) is 4.99 Å². The molecule has 1 aliphatic carbocycles. The molecule has 3 nitrogen and oxygen atoms in total. The van der Waals surface area contributed by atoms with Gasteiger partial charge in [-0.3, -0.25) is 4.99 Å². The van der Waals surface area contributed by atoms with Crippen molar-refractivity contribution in [3.63, 3.8) is 0 Å². The number of aromatic nitrogens is 1. The number of anilines is 3. The average molecular weight is 770 g/mol. The highest BCUT2D eigenvalue weighted by Crippen LogP contribution is 2.46. The van der Waals surface area contributed by atoms with Crippen molar-refractivity contribution in [1.29, 1.82) is 0 Å². The van der Waals surface area contributed by atoms with E-state index in [0.717, 1.165) is 63.5 Å². The zero-order valence-electron chi connectivity index (χ0n) is 33.8. The number of nitrogens with zero attached hydrogens (tertiary/aromatic N) is 3. The lowest BCUT2D eigenvalue weighted by molar-refractivity contribution is 0.985. The molecule has 0 unspecified atom stereocenters. The van der Waals surface area contributed by atoms with Gasteiger partial charge < -0.3 is 9.47 Å². The van der Waals surface area contributed by atoms with Gasteiger partial charge in [-0.2, -0.15) is 0 Å². The lowest BCUT2D eigenvalue weighted by Gasteiger charge is -2.29. The Kier molecular flexibility index (Phi) is 8.74. The molecule has 1 aromatic heterocycles. The molecule has 0 amide bonds. The molecule has 9 aromatic carbocycles. The predicted octanol–water partition coefficient (Wildman–Crippen LogP) is 15.6. The molecule has 10 aromatic rings. The number of benzene rings is 9. The Morgan fingerprint density at radius 2 is 1.23 bits per heavy atom. The van der Waals surface area contributed by atoms with Crippen LogP contribution in [0, 0.1) is 6.92 Å². The van der Waals surface area contributed by atoms with Crippen LogP contribution in [0.15, 0.2) is 199 Å². The van der Waals surface area contributed by atoms with Crippen LogP contribution in [0.2, 0.25) is 0 Å². The average Bonchev–Trinajstić information content (AvgIpc) is 3.64. The molecule has 11 rings (SSSR count). The number of fused-ring (bicyclic) bond motifs is 7. The Morgan fingerprint density at radius 3 is 2.12 bits per heavy atom. The van der Waals surface area contributed by atoms with Gasteiger partial charge in [-0.05, 0) is 120 Å². The fraction of sp³-hybridized carbons (Fsp3) is 0.0702. The van der Waals surface area contributed by atoms with Crippen LogP contribution in [0.1, 0.15) is 35.6 Å². The fourth-order valence-corrected chi connectivity index (χ4v) is 9.38. The second-order valence-corrected chi connectivity index (χ2v) is 15.9. The maximum atomic E-state index is 5.36. The normalized spacial score (nSPS) is 12.7. The van der Waals surface area contributed by atoms with Gasteiger partial charge >= 0.3 is 0 Å². The van der Waals surface area contributed by atoms with Gasteiger partial charge in [0, 0.05) is 44.2 Å². The van der Waals surface area contributed by atoms with E-state index in [0.29, 0.717) is 0 Å². The molecule has 0 N–H and O–H groups in total. The minimum Gasteiger partial charge on any atom is -0.309 e. The smallest absolute Gasteiger partial charge is 0.0740 e. The molecule has 0 aliphatic heterocycles. The van der Waals surface area contributed by atoms with Gasteiger partial charge in [0.1, 0.15) is 0 Å². The monoisotopic (exact) mass is 769 g/mol. The third-order valence-corrected chi connectivity index (χ3v) is 12.3. The molecule has 0 radical (unpaired) electrons. The van der Waals surface area contributed by atoms with E-state index in [9.17, 15) is 0 Å². The summed E-state index contributed by atoms with van der Waals surface area (Å²) < 4.78 is 2.40. The van der Waals surface area contributed by atoms with Gasteiger partial charge in [0.2, 0.25) is 0 Å². The van der Waals surface area contributed by atoms with Crippen LogP contribution < -0.4 is 4.90 Å². The summed E-state index contributed by atoms with van der Waals surface area (Å²) in [5.74, 6) is 0. The van der Waals surface area contributed by atoms with Gasteiger partial charge in [0.15, 0.2) is 0 Å². The molecule has 0 saturated carbocycles. The molecule has 0 saturated heterocycles. The molecule has 0 atom stereocenters. The first-order valence-electron chi connectivity index (χ1n) is 20.9. The predicted molar refractivity (Wildman–Crippen MR) is 256 cm³/mol. The second-order valence-electron chi connectivity index (χ2n) is 15.9. The lowest BCUT2D eigenvalue weighted by Crippen LogP contribution is -2.11. The molecule has 0 bridgehead atoms. The molecular formula is C57H43N3. The first-order valence-corrected chi connectivity index (χ1v) is 20.9. The van der Waals surface area contributed by atoms with Crippen LogP contribution in [0.3, 0.4) is 0 Å². The lowest BCUT2D eigenvalue weighted by atomic mass is 9.94. The summed E-state index contributed by atoms with van der Waals surface area (Å²) in [7, 11) is 0. The van der Waals surface area contributed by atoms with Crippen LogP contribution in [-0.2, 0) is 6.42 Å². The van der Waals surface area contributed by atoms with E-state index in [4.69, 9.17) is 4.99 Å². The maximum Gasteiger partial charge on any atom is 0.0740 e. The number of para-hydroxylation sites is 4. The second kappa shape index (κ2) is 14.7. The van der Waals surface area contributed by atoms with E-state index in [-0.39, 0.29) is 0 Å². The number of hydrogen-bond donors (Lipinski definition) is 0. The third kappa shape index (κ3) is 6.01. The Balaban J connectivity index is 1.08. The van der Waals surface area contributed by atoms with Crippen molar-refractivity contribution < 1.29 is 0 Å². The van der Waals surface area contributed by atoms with Crippen LogP contribution in [0.4, 0.5) is 22.7 Å². The number of aryl methyl sites for hydroxylation is 2. The van der Waals surface area contributed by atoms with E-state index in [1.807, 2.05) is 0 Å². The van der Waals surface area contributed by atoms with E-state index in [1.165, 1.54) is 60.2 Å². The van der Waals surface area contributed by atoms with Gasteiger partial charge in [-0.1, -0.05) is 146 Å². The molecule has 1 heterocycles. The van der Waals surface area contributed by atoms with Crippen molar-refractivity contribution in [3.8, 4) is 16.8 Å². The van der Waals surface area contributed by atoms with Gasteiger partial charge in [-0.25, -0.2) is 0 Å². The minimum atomic E-state index is 1.03. The topological polar surface area (TPSA) is 20.5 Å². The van der Waals surface area contributed by atoms with Crippen LogP contribution in [-0.4, -0.2) is 10.3 Å². The molecular weight excluding hydrogens is 727 g/mol. The minimum absolute atomic E-state index is 1.03. The Labute approximate surface area is 350 Å². The number of rotatable bonds is 7. The van der Waals surface area contributed by atoms with Crippen LogP contribution in [0.5, 0.6) is 0 Å². The molecule has 60 heavy (non-hydrogen) atoms. The third-order valence-electron chi connectivity index (χ3n) is 12.3. The van der Waals surface area contributed by atoms with Gasteiger partial charge in [-0.15, -0.1) is 0 Å². The highest BCUT2D eigenvalue weighted by molar-refractivity contribution is 6.17. The molecule has 0 fully saturated rings. The highest BCUT2D eigenvalue weighted by atomic mass is 15.1. The van der Waals surface area contributed by atoms with E-state index in [1.54, 1.807) is 0 Å². The SMILES string of the molecule is CC(=Nc1c(C)ccc2c1ccc1c(N(c3ccccc3)c3ccccc3-c3ccc4c5ccccc5n(-c5ccccc5)c4c3)cccc12)c1ccc2c(c1)CCC=C2. The number of aliphatic imine (C=N–C) groups is 1. The summed E-state index contributed by atoms with van der Waals surface area (Å²) in [5, 5.41) is 7.23. The summed E-state index contributed by atoms with van der Waals surface area (Å²) in [6.07, 6.45) is 6.68. The standard InChI is InChI=1S/C57H43N3/c1-38-28-32-48-47-24-15-27-55(50(47)34-35-52(48)57(38)58-39(2)41-30-29-40-16-9-10-17-42(40)36-41)59(44-18-5-3-6-19-44)53-25-13-11-22-46(53)43-31-33-51-49-23-12-14-26-54(49)60(56(51)37-43)45-20-7-4-8-21-45/h3-9,11-16,18-37H,10,17H2,1-2H3. The van der Waals surface area contributed by atoms with Crippen LogP contribution >= 0.6 is 0 Å². The summed E-state index contributed by atoms with van der Waals surface area (Å²) in [6.45, 7) is 4.32. The number of allylic oxidation sites excluding steroid dienone is 1. The largest absolute Gasteiger partial charge is 0.309 e. The quantitative estimate of drug-likeness (QED) is 0.117. The number of hydrogen-bond acceptors (Lipinski definition) is 2. The molecule has 0 spiro atoms. The summed E-state index contributed by atoms with van der Waals surface area (Å²) >= 11 is 0. The summed E-state index contributed by atoms with van der Waals surface area (Å²) in [5.41, 5.74) is 16.3. The Morgan fingerprint density at radius 1 is 0.550 bits per heavy atom. The zero-order valence-corrected chi connectivity index (χ0v) is 33.8. The van der Waals surface area contributed by atoms with Gasteiger partial charge in [0.05, 0.1) is 28.1 Å². The summed E-state index contributed by atoms with van der Waals surface area (Å²) in [6, 6.07) is 68.6. The zero-order chi connectivity index (χ0) is 40.2. The Hall–Kier alpha value is -7.49. The maximum absolute atomic E-state index is 5.36. The van der Waals surface area contributed by atoms with Crippen molar-refractivity contribution in [2.75, 3.05) is 4.90 Å². The highest BCUT2D eigenvalue weighted by Gasteiger charge is 2.21. The van der Waals surface area contributed by atoms with Crippen molar-refractivity contribution >= 4 is 77.9 Å². The van der Waals surface area contributed by atoms with Crippen LogP contribution in [0.25, 0.3) is 66.2 Å². The van der Waals surface area contributed by atoms with Crippen molar-refractivity contribution in [2.45, 2.75) is 26.7 Å². The molecule has 286 valence electrons. The van der Waals surface area contributed by atoms with E-state index in [2.05, 4.69) is 224 Å². The fourth-order valence-electron chi connectivity index (χ4n) is 9.38. The van der Waals surface area contributed by atoms with Crippen molar-refractivity contribution in [3.05, 3.63) is 216 Å². The Bertz CT molecular complexity index is 3330.